The van der Waals surface area contributed by atoms with Crippen molar-refractivity contribution in [2.45, 2.75) is 159 Å². The molecule has 2 fully saturated rings. The molecule has 6 aliphatic rings. The molecule has 7 atom stereocenters. The number of unbranched alkanes of at least 4 members (excludes halogenated alkanes) is 12. The van der Waals surface area contributed by atoms with Crippen LogP contribution < -0.4 is 24.3 Å². The summed E-state index contributed by atoms with van der Waals surface area (Å²) in [6.07, 6.45) is 16.8. The van der Waals surface area contributed by atoms with Crippen LogP contribution in [0.4, 0.5) is 0 Å². The summed E-state index contributed by atoms with van der Waals surface area (Å²) in [4.78, 5) is 31.9. The van der Waals surface area contributed by atoms with E-state index in [4.69, 9.17) is 28.4 Å². The number of piperazine rings is 1. The maximum Gasteiger partial charge on any atom is 0.329 e. The fourth-order valence-electron chi connectivity index (χ4n) is 10.6. The summed E-state index contributed by atoms with van der Waals surface area (Å²) in [6.45, 7) is 5.93. The molecule has 1 unspecified atom stereocenters. The minimum Gasteiger partial charge on any atom is -0.507 e. The van der Waals surface area contributed by atoms with Gasteiger partial charge in [0, 0.05) is 97.7 Å². The first-order valence-electron chi connectivity index (χ1n) is 22.6. The number of benzene rings is 2. The third-order valence-electron chi connectivity index (χ3n) is 13.6. The van der Waals surface area contributed by atoms with Gasteiger partial charge in [0.05, 0.1) is 30.5 Å². The van der Waals surface area contributed by atoms with Crippen LogP contribution in [0, 0.1) is 69.2 Å². The number of carbonyl (C=O) groups excluding carboxylic acids is 2. The van der Waals surface area contributed by atoms with Gasteiger partial charge in [-0.3, -0.25) is 14.6 Å². The molecule has 15 heteroatoms. The molecule has 0 aromatic heterocycles. The second-order valence-electron chi connectivity index (χ2n) is 17.5. The third kappa shape index (κ3) is 9.87. The van der Waals surface area contributed by atoms with Gasteiger partial charge in [-0.05, 0) is 44.9 Å². The van der Waals surface area contributed by atoms with Gasteiger partial charge in [0.15, 0.2) is 29.8 Å². The molecule has 1 radical (unpaired) electrons. The molecule has 1 amide bonds. The predicted octanol–water partition coefficient (Wildman–Crippen LogP) is 8.26. The topological polar surface area (TPSA) is 152 Å². The zero-order valence-electron chi connectivity index (χ0n) is 37.6. The summed E-state index contributed by atoms with van der Waals surface area (Å²) >= 11 is 1.48. The zero-order valence-corrected chi connectivity index (χ0v) is 43.2. The Bertz CT molecular complexity index is 1950. The van der Waals surface area contributed by atoms with Crippen molar-refractivity contribution < 1.29 is 87.2 Å². The van der Waals surface area contributed by atoms with Crippen molar-refractivity contribution in [1.29, 1.82) is 5.26 Å². The number of carbonyl (C=O) groups is 2. The van der Waals surface area contributed by atoms with E-state index < -0.39 is 35.4 Å². The molecule has 13 nitrogen and oxygen atoms in total. The van der Waals surface area contributed by atoms with Crippen LogP contribution in [0.2, 0.25) is 0 Å². The summed E-state index contributed by atoms with van der Waals surface area (Å²) in [5.74, 6) is 1.72. The first-order valence-corrected chi connectivity index (χ1v) is 23.6. The van der Waals surface area contributed by atoms with Crippen molar-refractivity contribution in [3.8, 4) is 34.8 Å². The number of likely N-dealkylation sites (N-methyl/N-ethyl adjacent to an activating group) is 1. The number of amides is 1. The number of fused-ring (bicyclic) bond motifs is 10. The number of nitriles is 1. The first-order chi connectivity index (χ1) is 29.7. The Kier molecular flexibility index (Phi) is 17.9. The van der Waals surface area contributed by atoms with E-state index in [9.17, 15) is 20.0 Å². The number of hydrogen-bond acceptors (Lipinski definition) is 13. The number of rotatable bonds is 19. The molecule has 2 saturated heterocycles. The van der Waals surface area contributed by atoms with E-state index in [1.54, 1.807) is 14.2 Å². The van der Waals surface area contributed by atoms with Gasteiger partial charge in [-0.15, -0.1) is 11.8 Å². The van der Waals surface area contributed by atoms with Gasteiger partial charge in [0.1, 0.15) is 24.4 Å². The molecule has 0 spiro atoms. The molecule has 62 heavy (non-hydrogen) atoms. The van der Waals surface area contributed by atoms with Crippen molar-refractivity contribution in [1.82, 2.24) is 15.1 Å². The van der Waals surface area contributed by atoms with Crippen LogP contribution in [-0.4, -0.2) is 98.2 Å². The number of thioether (sulfide) groups is 1. The molecule has 6 aliphatic heterocycles. The van der Waals surface area contributed by atoms with E-state index in [-0.39, 0.29) is 93.7 Å². The molecule has 8 rings (SSSR count). The number of phenols is 1. The van der Waals surface area contributed by atoms with Gasteiger partial charge >= 0.3 is 5.97 Å². The van der Waals surface area contributed by atoms with Crippen LogP contribution in [-0.2, 0) is 25.5 Å². The fraction of sp³-hybridized carbons (Fsp3) is 0.681. The second-order valence-corrected chi connectivity index (χ2v) is 18.6. The van der Waals surface area contributed by atoms with Crippen molar-refractivity contribution in [3.63, 3.8) is 0 Å². The SMILES string of the molecule is CCCCCCCCCCCCCCCC(=O)N[C@H]1CS[C@@H]2c3c(O)c(C)c4c(c3[C@H](COC1=O)N1C2[C@H]2c3c(cc(C)c(OC)c3OCOC)C[C@@H]([C@@H]1C#N)N2C)OCO4.[Ac]. The normalized spacial score (nSPS) is 24.8. The van der Waals surface area contributed by atoms with E-state index in [0.717, 1.165) is 36.0 Å². The number of nitrogens with one attached hydrogen (secondary N) is 1. The molecule has 6 heterocycles. The fourth-order valence-corrected chi connectivity index (χ4v) is 12.1. The molecule has 0 saturated carbocycles. The number of phenolic OH excluding ortho intramolecular Hbond substituents is 1. The molecule has 2 aromatic rings. The standard InChI is InChI=1S/C47H66N4O9S.Ac/c1-7-8-9-10-11-12-13-14-15-16-17-18-19-20-35(52)49-31-25-61-46-38-37(45-43(59-27-60-45)29(3)41(38)53)34(24-57-47(31)54)51-33(23-48)32-22-30-21-28(2)42(56-6)44(58-26-55-5)36(30)39(40(46)51)50(32)4;/h21,31-34,39-40,46,53H,7-20,22,24-27H2,1-6H3,(H,49,52);/t31-,32-,33-,34-,39+,40?,46+;/m0./s1. The molecule has 2 aromatic carbocycles. The van der Waals surface area contributed by atoms with E-state index in [1.165, 1.54) is 76.0 Å². The minimum absolute atomic E-state index is 0. The molecule has 2 N–H and O–H groups in total. The molecular weight excluding hydrogens is 1020 g/mol. The van der Waals surface area contributed by atoms with Crippen molar-refractivity contribution in [2.75, 3.05) is 47.2 Å². The van der Waals surface area contributed by atoms with E-state index in [2.05, 4.69) is 41.2 Å². The Morgan fingerprint density at radius 2 is 1.61 bits per heavy atom. The van der Waals surface area contributed by atoms with Crippen LogP contribution >= 0.6 is 11.8 Å². The van der Waals surface area contributed by atoms with Crippen molar-refractivity contribution in [2.24, 2.45) is 0 Å². The van der Waals surface area contributed by atoms with Crippen LogP contribution in [0.1, 0.15) is 148 Å². The zero-order chi connectivity index (χ0) is 43.2. The van der Waals surface area contributed by atoms with Gasteiger partial charge in [-0.25, -0.2) is 4.79 Å². The average molecular weight is 1090 g/mol. The average Bonchev–Trinajstić information content (AvgIpc) is 3.74. The first kappa shape index (κ1) is 49.0. The number of esters is 1. The van der Waals surface area contributed by atoms with Gasteiger partial charge in [-0.1, -0.05) is 90.0 Å². The number of aromatic hydroxyl groups is 1. The molecular formula is C47H66AcN4O9S. The van der Waals surface area contributed by atoms with Gasteiger partial charge in [0.25, 0.3) is 0 Å². The molecule has 337 valence electrons. The number of methoxy groups -OCH3 is 2. The number of hydrogen-bond donors (Lipinski definition) is 2. The third-order valence-corrected chi connectivity index (χ3v) is 15.0. The van der Waals surface area contributed by atoms with Gasteiger partial charge < -0.3 is 38.8 Å². The quantitative estimate of drug-likeness (QED) is 0.0790. The van der Waals surface area contributed by atoms with Crippen LogP contribution in [0.15, 0.2) is 6.07 Å². The summed E-state index contributed by atoms with van der Waals surface area (Å²) in [5, 5.41) is 25.9. The monoisotopic (exact) mass is 1090 g/mol. The number of nitrogens with zero attached hydrogens (tertiary/aromatic N) is 3. The summed E-state index contributed by atoms with van der Waals surface area (Å²) in [5.41, 5.74) is 4.81. The Balaban J connectivity index is 0.00000641. The van der Waals surface area contributed by atoms with Crippen LogP contribution in [0.25, 0.3) is 0 Å². The Morgan fingerprint density at radius 1 is 0.952 bits per heavy atom. The van der Waals surface area contributed by atoms with E-state index >= 15 is 0 Å². The van der Waals surface area contributed by atoms with Gasteiger partial charge in [0.2, 0.25) is 12.7 Å². The van der Waals surface area contributed by atoms with E-state index in [1.807, 2.05) is 13.8 Å². The Morgan fingerprint density at radius 3 is 2.26 bits per heavy atom. The summed E-state index contributed by atoms with van der Waals surface area (Å²) in [7, 11) is 5.26. The summed E-state index contributed by atoms with van der Waals surface area (Å²) < 4.78 is 36.0. The number of ether oxygens (including phenoxy) is 6. The maximum absolute atomic E-state index is 14.0. The van der Waals surface area contributed by atoms with Crippen molar-refractivity contribution >= 4 is 23.6 Å². The van der Waals surface area contributed by atoms with Crippen LogP contribution in [0.5, 0.6) is 28.7 Å². The summed E-state index contributed by atoms with van der Waals surface area (Å²) in [6, 6.07) is 1.58. The minimum atomic E-state index is -0.907. The number of aryl methyl sites for hydroxylation is 1. The largest absolute Gasteiger partial charge is 0.507 e. The van der Waals surface area contributed by atoms with Crippen molar-refractivity contribution in [3.05, 3.63) is 39.4 Å². The maximum atomic E-state index is 14.0. The second kappa shape index (κ2) is 22.6. The van der Waals surface area contributed by atoms with Gasteiger partial charge in [-0.2, -0.15) is 5.26 Å². The smallest absolute Gasteiger partial charge is 0.329 e. The Hall–Kier alpha value is -2.46. The molecule has 0 aliphatic carbocycles. The predicted molar refractivity (Wildman–Crippen MR) is 233 cm³/mol. The molecule has 4 bridgehead atoms. The van der Waals surface area contributed by atoms with E-state index in [0.29, 0.717) is 52.5 Å². The van der Waals surface area contributed by atoms with Crippen LogP contribution in [0.3, 0.4) is 0 Å². The Labute approximate surface area is 408 Å².